The molecule has 5 nitrogen and oxygen atoms in total. The highest BCUT2D eigenvalue weighted by Gasteiger charge is 2.28. The van der Waals surface area contributed by atoms with Crippen molar-refractivity contribution in [2.45, 2.75) is 33.3 Å². The quantitative estimate of drug-likeness (QED) is 0.612. The molecule has 0 aromatic heterocycles. The lowest BCUT2D eigenvalue weighted by molar-refractivity contribution is -0.151. The first-order valence-electron chi connectivity index (χ1n) is 8.32. The molecule has 0 unspecified atom stereocenters. The first kappa shape index (κ1) is 18.0. The smallest absolute Gasteiger partial charge is 0.410 e. The van der Waals surface area contributed by atoms with Gasteiger partial charge < -0.3 is 14.4 Å². The number of likely N-dealkylation sites (tertiary alicyclic amines) is 1. The normalized spacial score (nSPS) is 14.8. The van der Waals surface area contributed by atoms with Crippen molar-refractivity contribution in [3.63, 3.8) is 0 Å². The first-order valence-corrected chi connectivity index (χ1v) is 8.32. The number of ether oxygens (including phenoxy) is 2. The molecule has 0 saturated carbocycles. The number of rotatable bonds is 5. The Bertz CT molecular complexity index is 570. The van der Waals surface area contributed by atoms with Gasteiger partial charge in [-0.1, -0.05) is 35.9 Å². The molecular formula is C19H25NO4. The van der Waals surface area contributed by atoms with Crippen LogP contribution in [0.1, 0.15) is 32.3 Å². The molecule has 24 heavy (non-hydrogen) atoms. The van der Waals surface area contributed by atoms with Crippen molar-refractivity contribution in [3.8, 4) is 0 Å². The Balaban J connectivity index is 1.70. The molecule has 0 N–H and O–H groups in total. The predicted molar refractivity (Wildman–Crippen MR) is 91.3 cm³/mol. The Morgan fingerprint density at radius 2 is 1.79 bits per heavy atom. The summed E-state index contributed by atoms with van der Waals surface area (Å²) in [5.41, 5.74) is 2.09. The summed E-state index contributed by atoms with van der Waals surface area (Å²) in [5, 5.41) is 0. The van der Waals surface area contributed by atoms with Gasteiger partial charge in [-0.3, -0.25) is 4.79 Å². The number of esters is 1. The van der Waals surface area contributed by atoms with E-state index in [9.17, 15) is 9.59 Å². The van der Waals surface area contributed by atoms with Gasteiger partial charge in [0, 0.05) is 13.1 Å². The molecule has 1 amide bonds. The second kappa shape index (κ2) is 9.11. The maximum Gasteiger partial charge on any atom is 0.410 e. The van der Waals surface area contributed by atoms with E-state index in [1.54, 1.807) is 4.90 Å². The Labute approximate surface area is 143 Å². The number of hydrogen-bond donors (Lipinski definition) is 0. The molecule has 0 aliphatic carbocycles. The summed E-state index contributed by atoms with van der Waals surface area (Å²) in [6, 6.07) is 9.62. The number of carbonyl (C=O) groups excluding carboxylic acids is 2. The van der Waals surface area contributed by atoms with Gasteiger partial charge in [-0.15, -0.1) is 0 Å². The molecule has 1 aliphatic heterocycles. The summed E-state index contributed by atoms with van der Waals surface area (Å²) >= 11 is 0. The average Bonchev–Trinajstić information content (AvgIpc) is 2.60. The molecule has 0 bridgehead atoms. The van der Waals surface area contributed by atoms with E-state index < -0.39 is 0 Å². The third kappa shape index (κ3) is 5.72. The van der Waals surface area contributed by atoms with E-state index in [4.69, 9.17) is 9.47 Å². The van der Waals surface area contributed by atoms with Crippen molar-refractivity contribution in [1.29, 1.82) is 0 Å². The summed E-state index contributed by atoms with van der Waals surface area (Å²) < 4.78 is 10.6. The molecule has 0 spiro atoms. The van der Waals surface area contributed by atoms with E-state index in [-0.39, 0.29) is 18.0 Å². The number of nitrogens with zero attached hydrogens (tertiary/aromatic N) is 1. The highest BCUT2D eigenvalue weighted by molar-refractivity contribution is 5.73. The highest BCUT2D eigenvalue weighted by Crippen LogP contribution is 2.20. The zero-order valence-electron chi connectivity index (χ0n) is 14.4. The molecule has 2 rings (SSSR count). The van der Waals surface area contributed by atoms with Gasteiger partial charge in [0.25, 0.3) is 0 Å². The second-order valence-corrected chi connectivity index (χ2v) is 6.21. The van der Waals surface area contributed by atoms with Crippen LogP contribution in [0.15, 0.2) is 42.0 Å². The summed E-state index contributed by atoms with van der Waals surface area (Å²) in [4.78, 5) is 25.7. The minimum atomic E-state index is -0.316. The van der Waals surface area contributed by atoms with E-state index in [1.807, 2.05) is 50.3 Å². The van der Waals surface area contributed by atoms with Crippen molar-refractivity contribution in [2.75, 3.05) is 19.7 Å². The molecule has 1 aliphatic rings. The Kier molecular flexibility index (Phi) is 6.85. The Hall–Kier alpha value is -2.30. The van der Waals surface area contributed by atoms with E-state index in [2.05, 4.69) is 0 Å². The monoisotopic (exact) mass is 331 g/mol. The van der Waals surface area contributed by atoms with Crippen LogP contribution in [-0.2, 0) is 20.9 Å². The molecular weight excluding hydrogens is 306 g/mol. The van der Waals surface area contributed by atoms with Crippen molar-refractivity contribution >= 4 is 12.1 Å². The number of carbonyl (C=O) groups is 2. The zero-order chi connectivity index (χ0) is 17.4. The third-order valence-corrected chi connectivity index (χ3v) is 4.01. The fourth-order valence-electron chi connectivity index (χ4n) is 2.52. The maximum atomic E-state index is 12.1. The van der Waals surface area contributed by atoms with Gasteiger partial charge in [0.15, 0.2) is 0 Å². The largest absolute Gasteiger partial charge is 0.461 e. The maximum absolute atomic E-state index is 12.1. The number of hydrogen-bond acceptors (Lipinski definition) is 4. The fourth-order valence-corrected chi connectivity index (χ4v) is 2.52. The lowest BCUT2D eigenvalue weighted by Crippen LogP contribution is -2.41. The number of amides is 1. The van der Waals surface area contributed by atoms with E-state index in [1.165, 1.54) is 0 Å². The minimum Gasteiger partial charge on any atom is -0.461 e. The van der Waals surface area contributed by atoms with Crippen LogP contribution >= 0.6 is 0 Å². The Morgan fingerprint density at radius 1 is 1.12 bits per heavy atom. The molecule has 0 radical (unpaired) electrons. The summed E-state index contributed by atoms with van der Waals surface area (Å²) in [7, 11) is 0. The van der Waals surface area contributed by atoms with Crippen LogP contribution in [0.2, 0.25) is 0 Å². The molecule has 5 heteroatoms. The van der Waals surface area contributed by atoms with Gasteiger partial charge in [0.05, 0.1) is 5.92 Å². The van der Waals surface area contributed by atoms with Crippen molar-refractivity contribution in [3.05, 3.63) is 47.5 Å². The second-order valence-electron chi connectivity index (χ2n) is 6.21. The average molecular weight is 331 g/mol. The molecule has 0 atom stereocenters. The number of piperidine rings is 1. The van der Waals surface area contributed by atoms with Crippen LogP contribution in [0.4, 0.5) is 4.79 Å². The minimum absolute atomic E-state index is 0.143. The van der Waals surface area contributed by atoms with Crippen molar-refractivity contribution in [1.82, 2.24) is 4.90 Å². The summed E-state index contributed by atoms with van der Waals surface area (Å²) in [6.45, 7) is 5.56. The molecule has 1 aromatic rings. The van der Waals surface area contributed by atoms with Crippen molar-refractivity contribution in [2.24, 2.45) is 5.92 Å². The van der Waals surface area contributed by atoms with E-state index in [0.29, 0.717) is 39.1 Å². The lowest BCUT2D eigenvalue weighted by Gasteiger charge is -2.30. The third-order valence-electron chi connectivity index (χ3n) is 4.01. The Morgan fingerprint density at radius 3 is 2.42 bits per heavy atom. The first-order chi connectivity index (χ1) is 11.6. The van der Waals surface area contributed by atoms with Crippen LogP contribution in [0.3, 0.4) is 0 Å². The molecule has 1 heterocycles. The standard InChI is InChI=1S/C19H25NO4/c1-15(2)10-13-23-19(22)20-11-8-17(9-12-20)18(21)24-14-16-6-4-3-5-7-16/h3-7,10,17H,8-9,11-14H2,1-2H3. The van der Waals surface area contributed by atoms with Gasteiger partial charge in [-0.2, -0.15) is 0 Å². The number of benzene rings is 1. The van der Waals surface area contributed by atoms with Gasteiger partial charge in [-0.05, 0) is 38.3 Å². The summed E-state index contributed by atoms with van der Waals surface area (Å²) in [5.74, 6) is -0.327. The van der Waals surface area contributed by atoms with Gasteiger partial charge >= 0.3 is 12.1 Å². The van der Waals surface area contributed by atoms with Crippen LogP contribution in [-0.4, -0.2) is 36.7 Å². The molecule has 1 saturated heterocycles. The van der Waals surface area contributed by atoms with Gasteiger partial charge in [-0.25, -0.2) is 4.79 Å². The van der Waals surface area contributed by atoms with Gasteiger partial charge in [0.1, 0.15) is 13.2 Å². The SMILES string of the molecule is CC(C)=CCOC(=O)N1CCC(C(=O)OCc2ccccc2)CC1. The fraction of sp³-hybridized carbons (Fsp3) is 0.474. The van der Waals surface area contributed by atoms with Crippen LogP contribution in [0.5, 0.6) is 0 Å². The van der Waals surface area contributed by atoms with Crippen LogP contribution in [0.25, 0.3) is 0 Å². The molecule has 1 fully saturated rings. The molecule has 1 aromatic carbocycles. The summed E-state index contributed by atoms with van der Waals surface area (Å²) in [6.07, 6.45) is 2.78. The van der Waals surface area contributed by atoms with Crippen LogP contribution < -0.4 is 0 Å². The van der Waals surface area contributed by atoms with E-state index >= 15 is 0 Å². The predicted octanol–water partition coefficient (Wildman–Crippen LogP) is 3.54. The van der Waals surface area contributed by atoms with Crippen LogP contribution in [0, 0.1) is 5.92 Å². The zero-order valence-corrected chi connectivity index (χ0v) is 14.4. The topological polar surface area (TPSA) is 55.8 Å². The number of allylic oxidation sites excluding steroid dienone is 1. The van der Waals surface area contributed by atoms with Crippen molar-refractivity contribution < 1.29 is 19.1 Å². The molecule has 130 valence electrons. The lowest BCUT2D eigenvalue weighted by atomic mass is 9.97. The van der Waals surface area contributed by atoms with Gasteiger partial charge in [0.2, 0.25) is 0 Å². The highest BCUT2D eigenvalue weighted by atomic mass is 16.6. The van der Waals surface area contributed by atoms with E-state index in [0.717, 1.165) is 11.1 Å².